The smallest absolute Gasteiger partial charge is 0.293 e. The highest BCUT2D eigenvalue weighted by molar-refractivity contribution is 7.23. The molecule has 156 valence electrons. The molecule has 0 heterocycles. The van der Waals surface area contributed by atoms with Crippen LogP contribution in [0.5, 0.6) is 0 Å². The van der Waals surface area contributed by atoms with Gasteiger partial charge in [-0.15, -0.1) is 0 Å². The van der Waals surface area contributed by atoms with E-state index in [9.17, 15) is 35.7 Å². The zero-order valence-electron chi connectivity index (χ0n) is 15.1. The van der Waals surface area contributed by atoms with E-state index in [1.807, 2.05) is 0 Å². The molecular formula is C20H17F6O2P. The maximum atomic E-state index is 13.4. The third kappa shape index (κ3) is 5.89. The Balaban J connectivity index is 2.58. The molecule has 0 N–H and O–H groups in total. The van der Waals surface area contributed by atoms with Crippen molar-refractivity contribution in [2.24, 2.45) is 0 Å². The number of hydrogen-bond donors (Lipinski definition) is 0. The largest absolute Gasteiger partial charge is 0.417 e. The van der Waals surface area contributed by atoms with Crippen LogP contribution in [0.3, 0.4) is 0 Å². The summed E-state index contributed by atoms with van der Waals surface area (Å²) in [6.07, 6.45) is -9.14. The first-order valence-corrected chi connectivity index (χ1v) is 9.72. The molecular weight excluding hydrogens is 417 g/mol. The highest BCUT2D eigenvalue weighted by Crippen LogP contribution is 2.42. The maximum Gasteiger partial charge on any atom is 0.417 e. The lowest BCUT2D eigenvalue weighted by molar-refractivity contribution is -0.143. The summed E-state index contributed by atoms with van der Waals surface area (Å²) in [5, 5.41) is 0. The van der Waals surface area contributed by atoms with Gasteiger partial charge in [-0.2, -0.15) is 26.3 Å². The number of alkyl halides is 6. The molecule has 2 aromatic rings. The molecule has 2 rings (SSSR count). The SMILES string of the molecule is O=PCCCCC(C(=O)c1c(C(F)(F)F)cccc1C(F)(F)F)c1ccccc1. The maximum absolute atomic E-state index is 13.4. The second-order valence-corrected chi connectivity index (χ2v) is 7.11. The molecule has 0 saturated carbocycles. The number of unbranched alkanes of at least 4 members (excludes halogenated alkanes) is 1. The molecule has 1 unspecified atom stereocenters. The van der Waals surface area contributed by atoms with Crippen LogP contribution in [0.1, 0.15) is 52.2 Å². The summed E-state index contributed by atoms with van der Waals surface area (Å²) in [7, 11) is -0.112. The first-order chi connectivity index (χ1) is 13.6. The minimum atomic E-state index is -5.12. The van der Waals surface area contributed by atoms with Crippen molar-refractivity contribution in [2.45, 2.75) is 37.5 Å². The predicted octanol–water partition coefficient (Wildman–Crippen LogP) is 7.15. The lowest BCUT2D eigenvalue weighted by Crippen LogP contribution is -2.24. The molecule has 0 radical (unpaired) electrons. The highest BCUT2D eigenvalue weighted by Gasteiger charge is 2.43. The van der Waals surface area contributed by atoms with Gasteiger partial charge in [-0.3, -0.25) is 9.36 Å². The molecule has 2 nitrogen and oxygen atoms in total. The summed E-state index contributed by atoms with van der Waals surface area (Å²) in [6, 6.07) is 9.37. The van der Waals surface area contributed by atoms with E-state index in [0.29, 0.717) is 42.8 Å². The van der Waals surface area contributed by atoms with Gasteiger partial charge < -0.3 is 0 Å². The predicted molar refractivity (Wildman–Crippen MR) is 96.3 cm³/mol. The van der Waals surface area contributed by atoms with E-state index in [4.69, 9.17) is 0 Å². The number of benzene rings is 2. The van der Waals surface area contributed by atoms with Crippen LogP contribution in [0.2, 0.25) is 0 Å². The molecule has 0 spiro atoms. The van der Waals surface area contributed by atoms with E-state index in [1.54, 1.807) is 18.2 Å². The molecule has 0 bridgehead atoms. The van der Waals surface area contributed by atoms with Gasteiger partial charge in [0, 0.05) is 17.6 Å². The van der Waals surface area contributed by atoms with Gasteiger partial charge in [0.05, 0.1) is 11.1 Å². The van der Waals surface area contributed by atoms with Crippen molar-refractivity contribution in [3.05, 3.63) is 70.8 Å². The van der Waals surface area contributed by atoms with Gasteiger partial charge in [0.15, 0.2) is 14.2 Å². The number of rotatable bonds is 8. The quantitative estimate of drug-likeness (QED) is 0.191. The van der Waals surface area contributed by atoms with E-state index < -0.39 is 40.7 Å². The van der Waals surface area contributed by atoms with Crippen LogP contribution in [0.4, 0.5) is 26.3 Å². The molecule has 0 fully saturated rings. The van der Waals surface area contributed by atoms with Gasteiger partial charge in [0.1, 0.15) is 0 Å². The van der Waals surface area contributed by atoms with E-state index >= 15 is 0 Å². The lowest BCUT2D eigenvalue weighted by Gasteiger charge is -2.22. The third-order valence-electron chi connectivity index (χ3n) is 4.43. The topological polar surface area (TPSA) is 34.1 Å². The van der Waals surface area contributed by atoms with Crippen LogP contribution in [-0.2, 0) is 16.9 Å². The molecule has 0 amide bonds. The summed E-state index contributed by atoms with van der Waals surface area (Å²) in [5.41, 5.74) is -4.22. The minimum Gasteiger partial charge on any atom is -0.293 e. The fraction of sp³-hybridized carbons (Fsp3) is 0.350. The standard InChI is InChI=1S/C20H17F6O2P/c21-19(22,23)15-10-6-11-16(20(24,25)26)17(15)18(27)14(9-4-5-12-29-28)13-7-2-1-3-8-13/h1-3,6-8,10-11,14H,4-5,9,12H2. The third-order valence-corrected chi connectivity index (χ3v) is 4.93. The molecule has 1 atom stereocenters. The number of ketones is 1. The fourth-order valence-corrected chi connectivity index (χ4v) is 3.48. The Morgan fingerprint density at radius 1 is 0.828 bits per heavy atom. The second-order valence-electron chi connectivity index (χ2n) is 6.40. The molecule has 0 saturated heterocycles. The number of carbonyl (C=O) groups excluding carboxylic acids is 1. The molecule has 0 aromatic heterocycles. The molecule has 29 heavy (non-hydrogen) atoms. The lowest BCUT2D eigenvalue weighted by atomic mass is 9.83. The van der Waals surface area contributed by atoms with Crippen molar-refractivity contribution in [2.75, 3.05) is 6.16 Å². The molecule has 9 heteroatoms. The van der Waals surface area contributed by atoms with Crippen molar-refractivity contribution in [3.63, 3.8) is 0 Å². The van der Waals surface area contributed by atoms with E-state index in [1.165, 1.54) is 12.1 Å². The number of halogens is 6. The zero-order chi connectivity index (χ0) is 21.7. The first-order valence-electron chi connectivity index (χ1n) is 8.73. The van der Waals surface area contributed by atoms with Gasteiger partial charge in [-0.1, -0.05) is 42.8 Å². The number of carbonyl (C=O) groups is 1. The van der Waals surface area contributed by atoms with E-state index in [-0.39, 0.29) is 14.9 Å². The van der Waals surface area contributed by atoms with Gasteiger partial charge in [0.2, 0.25) is 0 Å². The van der Waals surface area contributed by atoms with Crippen LogP contribution in [0.25, 0.3) is 0 Å². The molecule has 0 aliphatic rings. The van der Waals surface area contributed by atoms with Crippen LogP contribution >= 0.6 is 8.46 Å². The number of Topliss-reactive ketones (excluding diaryl/α,β-unsaturated/α-hetero) is 1. The normalized spacial score (nSPS) is 13.4. The van der Waals surface area contributed by atoms with Crippen molar-refractivity contribution < 1.29 is 35.7 Å². The Bertz CT molecular complexity index is 814. The van der Waals surface area contributed by atoms with E-state index in [2.05, 4.69) is 0 Å². The Morgan fingerprint density at radius 2 is 1.38 bits per heavy atom. The highest BCUT2D eigenvalue weighted by atomic mass is 31.1. The van der Waals surface area contributed by atoms with Crippen molar-refractivity contribution in [3.8, 4) is 0 Å². The van der Waals surface area contributed by atoms with Crippen molar-refractivity contribution >= 4 is 14.2 Å². The summed E-state index contributed by atoms with van der Waals surface area (Å²) in [5.74, 6) is -2.40. The van der Waals surface area contributed by atoms with Gasteiger partial charge in [-0.25, -0.2) is 0 Å². The van der Waals surface area contributed by atoms with Gasteiger partial charge >= 0.3 is 12.4 Å². The Hall–Kier alpha value is -2.21. The average molecular weight is 434 g/mol. The Labute approximate surface area is 165 Å². The molecule has 0 aliphatic carbocycles. The number of hydrogen-bond acceptors (Lipinski definition) is 2. The first kappa shape index (κ1) is 23.1. The summed E-state index contributed by atoms with van der Waals surface area (Å²) in [4.78, 5) is 13.1. The Morgan fingerprint density at radius 3 is 1.86 bits per heavy atom. The minimum absolute atomic E-state index is 0.0435. The van der Waals surface area contributed by atoms with Gasteiger partial charge in [0.25, 0.3) is 0 Å². The van der Waals surface area contributed by atoms with Crippen molar-refractivity contribution in [1.82, 2.24) is 0 Å². The van der Waals surface area contributed by atoms with Crippen LogP contribution in [0, 0.1) is 0 Å². The Kier molecular flexibility index (Phi) is 7.58. The monoisotopic (exact) mass is 434 g/mol. The van der Waals surface area contributed by atoms with Crippen LogP contribution < -0.4 is 0 Å². The zero-order valence-corrected chi connectivity index (χ0v) is 16.0. The molecule has 2 aromatic carbocycles. The summed E-state index contributed by atoms with van der Waals surface area (Å²) < 4.78 is 91.2. The average Bonchev–Trinajstić information content (AvgIpc) is 2.66. The van der Waals surface area contributed by atoms with Crippen LogP contribution in [0.15, 0.2) is 48.5 Å². The van der Waals surface area contributed by atoms with Crippen LogP contribution in [-0.4, -0.2) is 11.9 Å². The summed E-state index contributed by atoms with van der Waals surface area (Å²) >= 11 is 0. The summed E-state index contributed by atoms with van der Waals surface area (Å²) in [6.45, 7) is 0. The van der Waals surface area contributed by atoms with Gasteiger partial charge in [-0.05, 0) is 30.5 Å². The van der Waals surface area contributed by atoms with E-state index in [0.717, 1.165) is 0 Å². The van der Waals surface area contributed by atoms with Crippen molar-refractivity contribution in [1.29, 1.82) is 0 Å². The second kappa shape index (κ2) is 9.53. The molecule has 0 aliphatic heterocycles. The fourth-order valence-electron chi connectivity index (χ4n) is 3.12.